The first kappa shape index (κ1) is 27.1. The molecular formula is C28H39ClN2O2S. The molecule has 4 nitrogen and oxygen atoms in total. The Morgan fingerprint density at radius 3 is 2.32 bits per heavy atom. The summed E-state index contributed by atoms with van der Waals surface area (Å²) in [6.07, 6.45) is 9.28. The van der Waals surface area contributed by atoms with Gasteiger partial charge in [-0.05, 0) is 93.5 Å². The predicted octanol–water partition coefficient (Wildman–Crippen LogP) is 6.06. The van der Waals surface area contributed by atoms with Crippen molar-refractivity contribution in [3.8, 4) is 0 Å². The highest BCUT2D eigenvalue weighted by Crippen LogP contribution is 2.30. The van der Waals surface area contributed by atoms with Gasteiger partial charge in [-0.15, -0.1) is 11.8 Å². The lowest BCUT2D eigenvalue weighted by atomic mass is 9.84. The molecule has 0 spiro atoms. The molecule has 2 fully saturated rings. The molecule has 1 heterocycles. The first-order valence-corrected chi connectivity index (χ1v) is 14.1. The van der Waals surface area contributed by atoms with E-state index in [4.69, 9.17) is 22.1 Å². The van der Waals surface area contributed by atoms with E-state index in [1.165, 1.54) is 10.5 Å². The zero-order valence-corrected chi connectivity index (χ0v) is 21.9. The molecule has 1 saturated heterocycles. The summed E-state index contributed by atoms with van der Waals surface area (Å²) >= 11 is 7.31. The molecule has 0 aromatic heterocycles. The topological polar surface area (TPSA) is 55.6 Å². The lowest BCUT2D eigenvalue weighted by Gasteiger charge is -2.39. The number of amides is 1. The monoisotopic (exact) mass is 502 g/mol. The molecule has 1 saturated carbocycles. The van der Waals surface area contributed by atoms with Gasteiger partial charge < -0.3 is 15.4 Å². The number of hydrogen-bond acceptors (Lipinski definition) is 4. The fourth-order valence-corrected chi connectivity index (χ4v) is 5.47. The van der Waals surface area contributed by atoms with Gasteiger partial charge in [-0.1, -0.05) is 41.9 Å². The minimum absolute atomic E-state index is 0.142. The summed E-state index contributed by atoms with van der Waals surface area (Å²) in [5, 5.41) is 0.794. The quantitative estimate of drug-likeness (QED) is 0.467. The first-order chi connectivity index (χ1) is 16.6. The van der Waals surface area contributed by atoms with Crippen molar-refractivity contribution in [3.05, 3.63) is 65.2 Å². The van der Waals surface area contributed by atoms with Gasteiger partial charge >= 0.3 is 0 Å². The standard InChI is InChI=1S/C22H34N2O2S.C6H5Cl/c1-27-21-4-2-3-17(15-21)9-12-24(20-7-5-18(16-23)6-8-20)22(25)19-10-13-26-14-11-19;7-6-4-2-1-3-5-6/h2-4,15,18-20H,5-14,16,23H2,1H3;1-5H. The minimum atomic E-state index is 0.142. The maximum atomic E-state index is 13.3. The van der Waals surface area contributed by atoms with Crippen molar-refractivity contribution in [2.45, 2.75) is 55.9 Å². The highest BCUT2D eigenvalue weighted by molar-refractivity contribution is 7.98. The van der Waals surface area contributed by atoms with Crippen LogP contribution in [0.3, 0.4) is 0 Å². The van der Waals surface area contributed by atoms with E-state index in [-0.39, 0.29) is 5.92 Å². The van der Waals surface area contributed by atoms with Gasteiger partial charge in [0.25, 0.3) is 0 Å². The summed E-state index contributed by atoms with van der Waals surface area (Å²) < 4.78 is 5.47. The van der Waals surface area contributed by atoms with E-state index in [1.807, 2.05) is 30.3 Å². The minimum Gasteiger partial charge on any atom is -0.381 e. The third-order valence-electron chi connectivity index (χ3n) is 6.95. The summed E-state index contributed by atoms with van der Waals surface area (Å²) in [7, 11) is 0. The molecule has 1 aliphatic heterocycles. The lowest BCUT2D eigenvalue weighted by molar-refractivity contribution is -0.141. The average molecular weight is 503 g/mol. The maximum absolute atomic E-state index is 13.3. The molecule has 186 valence electrons. The molecule has 2 aromatic carbocycles. The number of ether oxygens (including phenoxy) is 1. The summed E-state index contributed by atoms with van der Waals surface area (Å²) in [5.74, 6) is 1.14. The molecule has 0 radical (unpaired) electrons. The van der Waals surface area contributed by atoms with E-state index >= 15 is 0 Å². The largest absolute Gasteiger partial charge is 0.381 e. The van der Waals surface area contributed by atoms with Crippen LogP contribution >= 0.6 is 23.4 Å². The van der Waals surface area contributed by atoms with Crippen LogP contribution in [-0.2, 0) is 16.0 Å². The molecule has 2 N–H and O–H groups in total. The molecule has 2 aromatic rings. The van der Waals surface area contributed by atoms with E-state index in [0.717, 1.165) is 76.3 Å². The van der Waals surface area contributed by atoms with Crippen LogP contribution in [0.4, 0.5) is 0 Å². The van der Waals surface area contributed by atoms with Crippen LogP contribution in [0.1, 0.15) is 44.1 Å². The molecule has 0 unspecified atom stereocenters. The number of thioether (sulfide) groups is 1. The summed E-state index contributed by atoms with van der Waals surface area (Å²) in [6, 6.07) is 18.5. The number of carbonyl (C=O) groups excluding carboxylic acids is 1. The van der Waals surface area contributed by atoms with Crippen LogP contribution in [-0.4, -0.2) is 49.4 Å². The highest BCUT2D eigenvalue weighted by atomic mass is 35.5. The molecule has 6 heteroatoms. The van der Waals surface area contributed by atoms with Crippen molar-refractivity contribution in [2.24, 2.45) is 17.6 Å². The van der Waals surface area contributed by atoms with Crippen molar-refractivity contribution >= 4 is 29.3 Å². The van der Waals surface area contributed by atoms with Gasteiger partial charge in [0.2, 0.25) is 5.91 Å². The molecule has 0 bridgehead atoms. The Kier molecular flexibility index (Phi) is 11.8. The van der Waals surface area contributed by atoms with E-state index in [2.05, 4.69) is 35.4 Å². The van der Waals surface area contributed by atoms with Crippen molar-refractivity contribution < 1.29 is 9.53 Å². The second-order valence-electron chi connectivity index (χ2n) is 9.23. The van der Waals surface area contributed by atoms with Gasteiger partial charge in [0, 0.05) is 41.6 Å². The Balaban J connectivity index is 0.000000396. The number of nitrogens with zero attached hydrogens (tertiary/aromatic N) is 1. The van der Waals surface area contributed by atoms with E-state index in [9.17, 15) is 4.79 Å². The van der Waals surface area contributed by atoms with Gasteiger partial charge in [-0.3, -0.25) is 4.79 Å². The number of nitrogens with two attached hydrogens (primary N) is 1. The Hall–Kier alpha value is -1.53. The number of hydrogen-bond donors (Lipinski definition) is 1. The lowest BCUT2D eigenvalue weighted by Crippen LogP contribution is -2.47. The summed E-state index contributed by atoms with van der Waals surface area (Å²) in [5.41, 5.74) is 7.19. The van der Waals surface area contributed by atoms with Crippen molar-refractivity contribution in [3.63, 3.8) is 0 Å². The molecule has 34 heavy (non-hydrogen) atoms. The summed E-state index contributed by atoms with van der Waals surface area (Å²) in [6.45, 7) is 3.05. The van der Waals surface area contributed by atoms with Gasteiger partial charge in [0.05, 0.1) is 0 Å². The molecule has 0 atom stereocenters. The highest BCUT2D eigenvalue weighted by Gasteiger charge is 2.32. The Labute approximate surface area is 214 Å². The first-order valence-electron chi connectivity index (χ1n) is 12.5. The summed E-state index contributed by atoms with van der Waals surface area (Å²) in [4.78, 5) is 16.8. The molecule has 1 aliphatic carbocycles. The third kappa shape index (κ3) is 8.60. The molecule has 4 rings (SSSR count). The fourth-order valence-electron chi connectivity index (χ4n) is 4.84. The molecule has 2 aliphatic rings. The number of rotatable bonds is 7. The van der Waals surface area contributed by atoms with Crippen molar-refractivity contribution in [1.29, 1.82) is 0 Å². The molecule has 1 amide bonds. The Morgan fingerprint density at radius 1 is 1.03 bits per heavy atom. The second kappa shape index (κ2) is 14.8. The normalized spacial score (nSPS) is 20.8. The Bertz CT molecular complexity index is 852. The van der Waals surface area contributed by atoms with Crippen LogP contribution in [0, 0.1) is 11.8 Å². The molecular weight excluding hydrogens is 464 g/mol. The maximum Gasteiger partial charge on any atom is 0.226 e. The van der Waals surface area contributed by atoms with Crippen molar-refractivity contribution in [1.82, 2.24) is 4.90 Å². The van der Waals surface area contributed by atoms with E-state index in [0.29, 0.717) is 17.9 Å². The van der Waals surface area contributed by atoms with E-state index < -0.39 is 0 Å². The number of carbonyl (C=O) groups is 1. The van der Waals surface area contributed by atoms with E-state index in [1.54, 1.807) is 11.8 Å². The van der Waals surface area contributed by atoms with Gasteiger partial charge in [-0.25, -0.2) is 0 Å². The second-order valence-corrected chi connectivity index (χ2v) is 10.5. The predicted molar refractivity (Wildman–Crippen MR) is 143 cm³/mol. The van der Waals surface area contributed by atoms with Crippen LogP contribution in [0.2, 0.25) is 5.02 Å². The zero-order valence-electron chi connectivity index (χ0n) is 20.3. The van der Waals surface area contributed by atoms with Crippen LogP contribution < -0.4 is 5.73 Å². The van der Waals surface area contributed by atoms with Crippen molar-refractivity contribution in [2.75, 3.05) is 32.6 Å². The number of halogens is 1. The van der Waals surface area contributed by atoms with Crippen LogP contribution in [0.5, 0.6) is 0 Å². The van der Waals surface area contributed by atoms with Gasteiger partial charge in [0.1, 0.15) is 0 Å². The smallest absolute Gasteiger partial charge is 0.226 e. The number of benzene rings is 2. The van der Waals surface area contributed by atoms with Crippen LogP contribution in [0.15, 0.2) is 59.5 Å². The van der Waals surface area contributed by atoms with Crippen LogP contribution in [0.25, 0.3) is 0 Å². The SMILES string of the molecule is CSc1cccc(CCN(C(=O)C2CCOCC2)C2CCC(CN)CC2)c1.Clc1ccccc1. The van der Waals surface area contributed by atoms with Gasteiger partial charge in [0.15, 0.2) is 0 Å². The van der Waals surface area contributed by atoms with Gasteiger partial charge in [-0.2, -0.15) is 0 Å². The zero-order chi connectivity index (χ0) is 24.2. The fraction of sp³-hybridized carbons (Fsp3) is 0.536. The Morgan fingerprint density at radius 2 is 1.74 bits per heavy atom. The third-order valence-corrected chi connectivity index (χ3v) is 7.93. The average Bonchev–Trinajstić information content (AvgIpc) is 2.90.